The molecule has 1 aliphatic heterocycles. The Labute approximate surface area is 176 Å². The fourth-order valence-electron chi connectivity index (χ4n) is 3.31. The quantitative estimate of drug-likeness (QED) is 0.721. The van der Waals surface area contributed by atoms with Crippen molar-refractivity contribution in [2.24, 2.45) is 0 Å². The van der Waals surface area contributed by atoms with E-state index in [1.807, 2.05) is 31.2 Å². The molecular weight excluding hydrogens is 384 g/mol. The number of piperazine rings is 1. The van der Waals surface area contributed by atoms with Gasteiger partial charge in [-0.2, -0.15) is 0 Å². The van der Waals surface area contributed by atoms with Gasteiger partial charge in [-0.15, -0.1) is 0 Å². The molecule has 0 aliphatic carbocycles. The molecule has 2 aromatic rings. The number of amides is 2. The zero-order valence-corrected chi connectivity index (χ0v) is 17.3. The molecule has 1 saturated heterocycles. The van der Waals surface area contributed by atoms with Gasteiger partial charge in [0.2, 0.25) is 11.8 Å². The van der Waals surface area contributed by atoms with E-state index in [1.54, 1.807) is 28.0 Å². The van der Waals surface area contributed by atoms with Gasteiger partial charge in [-0.3, -0.25) is 9.59 Å². The summed E-state index contributed by atoms with van der Waals surface area (Å²) >= 11 is 0. The average molecular weight is 412 g/mol. The van der Waals surface area contributed by atoms with E-state index in [9.17, 15) is 14.7 Å². The largest absolute Gasteiger partial charge is 0.508 e. The van der Waals surface area contributed by atoms with Gasteiger partial charge < -0.3 is 24.4 Å². The molecule has 1 heterocycles. The summed E-state index contributed by atoms with van der Waals surface area (Å²) in [6.45, 7) is 4.69. The van der Waals surface area contributed by atoms with E-state index in [1.165, 1.54) is 6.07 Å². The van der Waals surface area contributed by atoms with Crippen molar-refractivity contribution >= 4 is 11.8 Å². The summed E-state index contributed by atoms with van der Waals surface area (Å²) in [7, 11) is 0. The highest BCUT2D eigenvalue weighted by Crippen LogP contribution is 2.18. The van der Waals surface area contributed by atoms with Crippen LogP contribution >= 0.6 is 0 Å². The number of hydrogen-bond donors (Lipinski definition) is 1. The molecule has 30 heavy (non-hydrogen) atoms. The Balaban J connectivity index is 1.33. The molecule has 7 heteroatoms. The molecule has 0 saturated carbocycles. The summed E-state index contributed by atoms with van der Waals surface area (Å²) in [5, 5.41) is 9.42. The van der Waals surface area contributed by atoms with Gasteiger partial charge in [0, 0.05) is 32.2 Å². The van der Waals surface area contributed by atoms with Crippen LogP contribution in [0.15, 0.2) is 48.5 Å². The van der Waals surface area contributed by atoms with Crippen molar-refractivity contribution in [2.45, 2.75) is 19.8 Å². The van der Waals surface area contributed by atoms with Gasteiger partial charge in [-0.05, 0) is 36.8 Å². The lowest BCUT2D eigenvalue weighted by Crippen LogP contribution is -2.51. The van der Waals surface area contributed by atoms with Gasteiger partial charge in [-0.1, -0.05) is 18.2 Å². The topological polar surface area (TPSA) is 79.3 Å². The molecule has 0 aromatic heterocycles. The van der Waals surface area contributed by atoms with E-state index in [0.29, 0.717) is 45.0 Å². The summed E-state index contributed by atoms with van der Waals surface area (Å²) in [4.78, 5) is 28.3. The first kappa shape index (κ1) is 21.5. The number of ether oxygens (including phenoxy) is 2. The summed E-state index contributed by atoms with van der Waals surface area (Å²) in [6.07, 6.45) is 0.577. The first-order valence-corrected chi connectivity index (χ1v) is 10.2. The molecule has 2 aromatic carbocycles. The minimum Gasteiger partial charge on any atom is -0.508 e. The number of benzene rings is 2. The molecule has 1 N–H and O–H groups in total. The van der Waals surface area contributed by atoms with Gasteiger partial charge in [-0.25, -0.2) is 0 Å². The highest BCUT2D eigenvalue weighted by molar-refractivity contribution is 5.78. The highest BCUT2D eigenvalue weighted by atomic mass is 16.5. The number of carbonyl (C=O) groups excluding carboxylic acids is 2. The fourth-order valence-corrected chi connectivity index (χ4v) is 3.31. The molecule has 1 fully saturated rings. The summed E-state index contributed by atoms with van der Waals surface area (Å²) < 4.78 is 11.2. The zero-order chi connectivity index (χ0) is 21.3. The van der Waals surface area contributed by atoms with Crippen LogP contribution in [0.1, 0.15) is 18.4 Å². The first-order valence-electron chi connectivity index (χ1n) is 10.2. The molecule has 0 spiro atoms. The number of aromatic hydroxyl groups is 1. The maximum absolute atomic E-state index is 12.4. The minimum atomic E-state index is 0.00466. The molecular formula is C23H28N2O5. The lowest BCUT2D eigenvalue weighted by molar-refractivity contribution is -0.140. The molecule has 160 valence electrons. The standard InChI is InChI=1S/C23H28N2O5/c1-18-4-2-6-20(16-18)29-14-8-22(27)24-10-12-25(13-11-24)23(28)9-15-30-21-7-3-5-19(26)17-21/h2-7,16-17,26H,8-15H2,1H3. The van der Waals surface area contributed by atoms with Gasteiger partial charge in [0.05, 0.1) is 26.1 Å². The third-order valence-electron chi connectivity index (χ3n) is 4.96. The Bertz CT molecular complexity index is 791. The second kappa shape index (κ2) is 10.5. The van der Waals surface area contributed by atoms with Gasteiger partial charge in [0.15, 0.2) is 0 Å². The lowest BCUT2D eigenvalue weighted by Gasteiger charge is -2.35. The first-order chi connectivity index (χ1) is 14.5. The van der Waals surface area contributed by atoms with Crippen molar-refractivity contribution in [2.75, 3.05) is 39.4 Å². The predicted octanol–water partition coefficient (Wildman–Crippen LogP) is 2.61. The molecule has 1 aliphatic rings. The number of aryl methyl sites for hydroxylation is 1. The van der Waals surface area contributed by atoms with Crippen LogP contribution in [-0.4, -0.2) is 66.1 Å². The Morgan fingerprint density at radius 2 is 1.33 bits per heavy atom. The van der Waals surface area contributed by atoms with E-state index in [4.69, 9.17) is 9.47 Å². The van der Waals surface area contributed by atoms with Crippen LogP contribution in [0.4, 0.5) is 0 Å². The number of rotatable bonds is 8. The van der Waals surface area contributed by atoms with Gasteiger partial charge in [0.25, 0.3) is 0 Å². The van der Waals surface area contributed by atoms with Gasteiger partial charge >= 0.3 is 0 Å². The summed E-state index contributed by atoms with van der Waals surface area (Å²) in [6, 6.07) is 14.2. The van der Waals surface area contributed by atoms with Crippen LogP contribution in [0, 0.1) is 6.92 Å². The lowest BCUT2D eigenvalue weighted by atomic mass is 10.2. The number of hydrogen-bond acceptors (Lipinski definition) is 5. The van der Waals surface area contributed by atoms with Crippen molar-refractivity contribution < 1.29 is 24.2 Å². The maximum atomic E-state index is 12.4. The minimum absolute atomic E-state index is 0.00466. The summed E-state index contributed by atoms with van der Waals surface area (Å²) in [5.41, 5.74) is 1.12. The van der Waals surface area contributed by atoms with Crippen LogP contribution in [0.2, 0.25) is 0 Å². The Morgan fingerprint density at radius 3 is 1.83 bits per heavy atom. The summed E-state index contributed by atoms with van der Waals surface area (Å²) in [5.74, 6) is 1.48. The predicted molar refractivity (Wildman–Crippen MR) is 113 cm³/mol. The molecule has 0 radical (unpaired) electrons. The molecule has 2 amide bonds. The Kier molecular flexibility index (Phi) is 7.54. The molecule has 0 bridgehead atoms. The number of carbonyl (C=O) groups is 2. The van der Waals surface area contributed by atoms with Crippen LogP contribution in [0.5, 0.6) is 17.2 Å². The van der Waals surface area contributed by atoms with Crippen LogP contribution in [0.25, 0.3) is 0 Å². The monoisotopic (exact) mass is 412 g/mol. The van der Waals surface area contributed by atoms with E-state index in [2.05, 4.69) is 0 Å². The Hall–Kier alpha value is -3.22. The van der Waals surface area contributed by atoms with E-state index in [-0.39, 0.29) is 30.6 Å². The van der Waals surface area contributed by atoms with E-state index < -0.39 is 0 Å². The normalized spacial score (nSPS) is 13.8. The van der Waals surface area contributed by atoms with E-state index in [0.717, 1.165) is 11.3 Å². The zero-order valence-electron chi connectivity index (χ0n) is 17.3. The van der Waals surface area contributed by atoms with Crippen LogP contribution < -0.4 is 9.47 Å². The van der Waals surface area contributed by atoms with E-state index >= 15 is 0 Å². The number of phenolic OH excluding ortho intramolecular Hbond substituents is 1. The smallest absolute Gasteiger partial charge is 0.226 e. The van der Waals surface area contributed by atoms with Crippen molar-refractivity contribution in [1.82, 2.24) is 9.80 Å². The molecule has 7 nitrogen and oxygen atoms in total. The second-order valence-corrected chi connectivity index (χ2v) is 7.27. The second-order valence-electron chi connectivity index (χ2n) is 7.27. The van der Waals surface area contributed by atoms with Crippen LogP contribution in [0.3, 0.4) is 0 Å². The fraction of sp³-hybridized carbons (Fsp3) is 0.391. The number of nitrogens with zero attached hydrogens (tertiary/aromatic N) is 2. The van der Waals surface area contributed by atoms with Crippen molar-refractivity contribution in [3.63, 3.8) is 0 Å². The molecule has 0 unspecified atom stereocenters. The molecule has 0 atom stereocenters. The van der Waals surface area contributed by atoms with Crippen molar-refractivity contribution in [1.29, 1.82) is 0 Å². The average Bonchev–Trinajstić information content (AvgIpc) is 2.74. The Morgan fingerprint density at radius 1 is 0.833 bits per heavy atom. The highest BCUT2D eigenvalue weighted by Gasteiger charge is 2.23. The third-order valence-corrected chi connectivity index (χ3v) is 4.96. The van der Waals surface area contributed by atoms with Crippen molar-refractivity contribution in [3.05, 3.63) is 54.1 Å². The maximum Gasteiger partial charge on any atom is 0.226 e. The van der Waals surface area contributed by atoms with Crippen molar-refractivity contribution in [3.8, 4) is 17.2 Å². The van der Waals surface area contributed by atoms with Crippen LogP contribution in [-0.2, 0) is 9.59 Å². The number of phenols is 1. The third kappa shape index (κ3) is 6.40. The molecule has 3 rings (SSSR count). The van der Waals surface area contributed by atoms with Gasteiger partial charge in [0.1, 0.15) is 17.2 Å². The SMILES string of the molecule is Cc1cccc(OCCC(=O)N2CCN(C(=O)CCOc3cccc(O)c3)CC2)c1.